The van der Waals surface area contributed by atoms with Gasteiger partial charge in [0.05, 0.1) is 22.8 Å². The van der Waals surface area contributed by atoms with Gasteiger partial charge in [-0.15, -0.1) is 0 Å². The Kier molecular flexibility index (Phi) is 8.16. The van der Waals surface area contributed by atoms with Gasteiger partial charge in [0.2, 0.25) is 0 Å². The molecule has 210 valence electrons. The Bertz CT molecular complexity index is 1550. The van der Waals surface area contributed by atoms with E-state index in [9.17, 15) is 0 Å². The largest absolute Gasteiger partial charge is 0.355 e. The van der Waals surface area contributed by atoms with Gasteiger partial charge < -0.3 is 9.97 Å². The van der Waals surface area contributed by atoms with Crippen LogP contribution in [0.4, 0.5) is 0 Å². The SMILES string of the molecule is CCC1=C(CC)c2nc1c(CC)c1[nH]c(cc3nc(cc4[nH]c(c2CC)c(CC)c4CC)C=C3)c(CC)c1CC. The maximum atomic E-state index is 5.58. The molecule has 0 aromatic carbocycles. The molecule has 2 aliphatic heterocycles. The third-order valence-electron chi connectivity index (χ3n) is 8.93. The van der Waals surface area contributed by atoms with Crippen LogP contribution in [-0.4, -0.2) is 19.9 Å². The second-order valence-electron chi connectivity index (χ2n) is 10.9. The van der Waals surface area contributed by atoms with Crippen molar-refractivity contribution in [3.05, 3.63) is 68.3 Å². The molecular weight excluding hydrogens is 488 g/mol. The number of aromatic amines is 2. The zero-order chi connectivity index (χ0) is 28.6. The van der Waals surface area contributed by atoms with Crippen LogP contribution in [0.25, 0.3) is 45.4 Å². The minimum atomic E-state index is 0.935. The summed E-state index contributed by atoms with van der Waals surface area (Å²) in [5.41, 5.74) is 20.4. The molecule has 2 aliphatic rings. The standard InChI is InChI=1S/C36H46N4/c1-9-23-25(11-3)33-29(15-7)35-27(13-5)28(14-6)36(40-35)30(16-8)34-26(12-4)24(10-2)32(39-34)20-22-18-17-21(37-22)19-31(23)38-33/h17-20,38-39H,9-16H2,1-8H3. The molecule has 0 saturated carbocycles. The average Bonchev–Trinajstić information content (AvgIpc) is 3.73. The second kappa shape index (κ2) is 11.6. The van der Waals surface area contributed by atoms with Crippen molar-refractivity contribution in [2.24, 2.45) is 0 Å². The van der Waals surface area contributed by atoms with Gasteiger partial charge in [-0.3, -0.25) is 0 Å². The second-order valence-corrected chi connectivity index (χ2v) is 10.9. The van der Waals surface area contributed by atoms with Crippen molar-refractivity contribution < 1.29 is 0 Å². The van der Waals surface area contributed by atoms with Crippen LogP contribution in [0.1, 0.15) is 124 Å². The molecule has 0 saturated heterocycles. The Morgan fingerprint density at radius 3 is 1.15 bits per heavy atom. The first kappa shape index (κ1) is 28.1. The quantitative estimate of drug-likeness (QED) is 0.236. The lowest BCUT2D eigenvalue weighted by Gasteiger charge is -2.09. The molecule has 4 heteroatoms. The molecule has 0 radical (unpaired) electrons. The van der Waals surface area contributed by atoms with Gasteiger partial charge in [-0.2, -0.15) is 0 Å². The Balaban J connectivity index is 2.10. The summed E-state index contributed by atoms with van der Waals surface area (Å²) in [6.45, 7) is 18.3. The van der Waals surface area contributed by atoms with E-state index in [2.05, 4.69) is 89.6 Å². The molecule has 40 heavy (non-hydrogen) atoms. The van der Waals surface area contributed by atoms with E-state index in [1.807, 2.05) is 0 Å². The summed E-state index contributed by atoms with van der Waals surface area (Å²) in [5.74, 6) is 0. The van der Waals surface area contributed by atoms with Crippen LogP contribution in [0.5, 0.6) is 0 Å². The normalized spacial score (nSPS) is 13.1. The maximum absolute atomic E-state index is 5.58. The highest BCUT2D eigenvalue weighted by Crippen LogP contribution is 2.40. The van der Waals surface area contributed by atoms with Crippen molar-refractivity contribution in [1.29, 1.82) is 0 Å². The van der Waals surface area contributed by atoms with Crippen LogP contribution in [0, 0.1) is 0 Å². The molecule has 0 spiro atoms. The summed E-state index contributed by atoms with van der Waals surface area (Å²) in [5, 5.41) is 0. The van der Waals surface area contributed by atoms with Crippen molar-refractivity contribution in [1.82, 2.24) is 19.9 Å². The number of fused-ring (bicyclic) bond motifs is 8. The lowest BCUT2D eigenvalue weighted by Crippen LogP contribution is -1.95. The van der Waals surface area contributed by atoms with Crippen molar-refractivity contribution in [3.8, 4) is 0 Å². The van der Waals surface area contributed by atoms with E-state index in [1.165, 1.54) is 78.0 Å². The fourth-order valence-electron chi connectivity index (χ4n) is 7.12. The Morgan fingerprint density at radius 2 is 0.825 bits per heavy atom. The number of aryl methyl sites for hydroxylation is 6. The molecule has 8 bridgehead atoms. The zero-order valence-electron chi connectivity index (χ0n) is 25.9. The topological polar surface area (TPSA) is 57.4 Å². The number of nitrogens with zero attached hydrogens (tertiary/aromatic N) is 2. The summed E-state index contributed by atoms with van der Waals surface area (Å²) >= 11 is 0. The third-order valence-corrected chi connectivity index (χ3v) is 8.93. The van der Waals surface area contributed by atoms with Gasteiger partial charge in [0, 0.05) is 33.2 Å². The first-order chi connectivity index (χ1) is 19.5. The van der Waals surface area contributed by atoms with Gasteiger partial charge in [0.15, 0.2) is 0 Å². The summed E-state index contributed by atoms with van der Waals surface area (Å²) in [6.07, 6.45) is 12.1. The third kappa shape index (κ3) is 4.46. The van der Waals surface area contributed by atoms with E-state index in [0.717, 1.165) is 62.8 Å². The molecule has 0 atom stereocenters. The molecular formula is C36H46N4. The van der Waals surface area contributed by atoms with Crippen molar-refractivity contribution in [2.45, 2.75) is 107 Å². The van der Waals surface area contributed by atoms with Crippen LogP contribution in [-0.2, 0) is 38.5 Å². The highest BCUT2D eigenvalue weighted by Gasteiger charge is 2.25. The first-order valence-corrected chi connectivity index (χ1v) is 15.7. The number of H-pyrrole nitrogens is 2. The lowest BCUT2D eigenvalue weighted by molar-refractivity contribution is 1.04. The van der Waals surface area contributed by atoms with Gasteiger partial charge >= 0.3 is 0 Å². The predicted molar refractivity (Wildman–Crippen MR) is 174 cm³/mol. The number of hydrogen-bond donors (Lipinski definition) is 2. The number of rotatable bonds is 8. The number of aromatic nitrogens is 4. The number of allylic oxidation sites excluding steroid dienone is 2. The van der Waals surface area contributed by atoms with Gasteiger partial charge in [-0.05, 0) is 109 Å². The Labute approximate surface area is 240 Å². The molecule has 0 aliphatic carbocycles. The summed E-state index contributed by atoms with van der Waals surface area (Å²) in [7, 11) is 0. The van der Waals surface area contributed by atoms with E-state index in [4.69, 9.17) is 9.97 Å². The molecule has 5 rings (SSSR count). The fourth-order valence-corrected chi connectivity index (χ4v) is 7.12. The molecule has 0 unspecified atom stereocenters. The van der Waals surface area contributed by atoms with Crippen molar-refractivity contribution in [2.75, 3.05) is 0 Å². The first-order valence-electron chi connectivity index (χ1n) is 15.7. The van der Waals surface area contributed by atoms with Crippen LogP contribution in [0.2, 0.25) is 0 Å². The average molecular weight is 535 g/mol. The Hall–Kier alpha value is -3.40. The lowest BCUT2D eigenvalue weighted by atomic mass is 9.93. The van der Waals surface area contributed by atoms with Gasteiger partial charge in [-0.25, -0.2) is 9.97 Å². The minimum absolute atomic E-state index is 0.935. The van der Waals surface area contributed by atoms with Crippen LogP contribution >= 0.6 is 0 Å². The number of nitrogens with one attached hydrogen (secondary N) is 2. The van der Waals surface area contributed by atoms with Gasteiger partial charge in [0.25, 0.3) is 0 Å². The summed E-state index contributed by atoms with van der Waals surface area (Å²) in [4.78, 5) is 18.4. The molecule has 5 heterocycles. The summed E-state index contributed by atoms with van der Waals surface area (Å²) in [6, 6.07) is 4.47. The van der Waals surface area contributed by atoms with E-state index in [0.29, 0.717) is 0 Å². The van der Waals surface area contributed by atoms with E-state index < -0.39 is 0 Å². The van der Waals surface area contributed by atoms with Crippen molar-refractivity contribution in [3.63, 3.8) is 0 Å². The Morgan fingerprint density at radius 1 is 0.450 bits per heavy atom. The van der Waals surface area contributed by atoms with Gasteiger partial charge in [0.1, 0.15) is 0 Å². The molecule has 3 aromatic rings. The minimum Gasteiger partial charge on any atom is -0.355 e. The van der Waals surface area contributed by atoms with E-state index >= 15 is 0 Å². The van der Waals surface area contributed by atoms with Crippen molar-refractivity contribution >= 4 is 45.4 Å². The van der Waals surface area contributed by atoms with Crippen LogP contribution < -0.4 is 0 Å². The summed E-state index contributed by atoms with van der Waals surface area (Å²) < 4.78 is 0. The molecule has 0 fully saturated rings. The molecule has 4 nitrogen and oxygen atoms in total. The van der Waals surface area contributed by atoms with Crippen LogP contribution in [0.15, 0.2) is 12.1 Å². The zero-order valence-corrected chi connectivity index (χ0v) is 25.9. The van der Waals surface area contributed by atoms with E-state index in [-0.39, 0.29) is 0 Å². The predicted octanol–water partition coefficient (Wildman–Crippen LogP) is 9.59. The highest BCUT2D eigenvalue weighted by atomic mass is 14.8. The number of hydrogen-bond acceptors (Lipinski definition) is 2. The maximum Gasteiger partial charge on any atom is 0.0725 e. The molecule has 0 amide bonds. The van der Waals surface area contributed by atoms with E-state index in [1.54, 1.807) is 0 Å². The molecule has 2 N–H and O–H groups in total. The van der Waals surface area contributed by atoms with Crippen LogP contribution in [0.3, 0.4) is 0 Å². The highest BCUT2D eigenvalue weighted by molar-refractivity contribution is 5.96. The monoisotopic (exact) mass is 534 g/mol. The van der Waals surface area contributed by atoms with Gasteiger partial charge in [-0.1, -0.05) is 55.4 Å². The smallest absolute Gasteiger partial charge is 0.0725 e. The molecule has 3 aromatic heterocycles. The fraction of sp³-hybridized carbons (Fsp3) is 0.444.